The van der Waals surface area contributed by atoms with Gasteiger partial charge in [0.25, 0.3) is 0 Å². The minimum absolute atomic E-state index is 0.175. The monoisotopic (exact) mass is 283 g/mol. The average molecular weight is 283 g/mol. The van der Waals surface area contributed by atoms with E-state index in [1.165, 1.54) is 6.07 Å². The number of guanidine groups is 1. The molecule has 0 saturated carbocycles. The van der Waals surface area contributed by atoms with Gasteiger partial charge in [0.1, 0.15) is 11.6 Å². The highest BCUT2D eigenvalue weighted by Crippen LogP contribution is 2.11. The molecule has 1 unspecified atom stereocenters. The lowest BCUT2D eigenvalue weighted by Crippen LogP contribution is -2.40. The predicted octanol–water partition coefficient (Wildman–Crippen LogP) is 1.81. The van der Waals surface area contributed by atoms with E-state index < -0.39 is 11.6 Å². The van der Waals surface area contributed by atoms with Crippen molar-refractivity contribution >= 4 is 5.96 Å². The van der Waals surface area contributed by atoms with Crippen molar-refractivity contribution < 1.29 is 13.5 Å². The molecule has 0 aliphatic carbocycles. The summed E-state index contributed by atoms with van der Waals surface area (Å²) in [5.41, 5.74) is 0.269. The lowest BCUT2D eigenvalue weighted by Gasteiger charge is -2.15. The summed E-state index contributed by atoms with van der Waals surface area (Å²) in [5, 5.41) is 6.07. The van der Waals surface area contributed by atoms with Crippen LogP contribution in [0.1, 0.15) is 18.4 Å². The maximum Gasteiger partial charge on any atom is 0.191 e. The summed E-state index contributed by atoms with van der Waals surface area (Å²) in [6.07, 6.45) is 2.30. The van der Waals surface area contributed by atoms with E-state index in [2.05, 4.69) is 15.6 Å². The molecule has 0 aromatic heterocycles. The van der Waals surface area contributed by atoms with E-state index in [4.69, 9.17) is 4.74 Å². The summed E-state index contributed by atoms with van der Waals surface area (Å²) in [6, 6.07) is 3.40. The smallest absolute Gasteiger partial charge is 0.191 e. The van der Waals surface area contributed by atoms with Gasteiger partial charge in [0.2, 0.25) is 0 Å². The summed E-state index contributed by atoms with van der Waals surface area (Å²) in [4.78, 5) is 4.04. The van der Waals surface area contributed by atoms with Crippen LogP contribution in [-0.4, -0.2) is 32.3 Å². The second kappa shape index (κ2) is 7.19. The molecule has 110 valence electrons. The molecule has 1 aliphatic rings. The van der Waals surface area contributed by atoms with E-state index >= 15 is 0 Å². The molecule has 1 aliphatic heterocycles. The first-order chi connectivity index (χ1) is 9.69. The molecule has 4 nitrogen and oxygen atoms in total. The normalized spacial score (nSPS) is 19.1. The Bertz CT molecular complexity index is 473. The molecule has 1 fully saturated rings. The lowest BCUT2D eigenvalue weighted by atomic mass is 10.2. The van der Waals surface area contributed by atoms with Crippen LogP contribution in [-0.2, 0) is 11.3 Å². The van der Waals surface area contributed by atoms with E-state index in [1.807, 2.05) is 0 Å². The van der Waals surface area contributed by atoms with Gasteiger partial charge in [-0.05, 0) is 31.0 Å². The summed E-state index contributed by atoms with van der Waals surface area (Å²) < 4.78 is 32.0. The molecule has 6 heteroatoms. The third kappa shape index (κ3) is 4.16. The van der Waals surface area contributed by atoms with Crippen LogP contribution in [0.4, 0.5) is 8.78 Å². The zero-order valence-electron chi connectivity index (χ0n) is 11.5. The quantitative estimate of drug-likeness (QED) is 0.654. The van der Waals surface area contributed by atoms with Crippen LogP contribution in [0.3, 0.4) is 0 Å². The zero-order chi connectivity index (χ0) is 14.4. The standard InChI is InChI=1S/C14H19F2N3O/c1-17-14(19-9-12-3-2-6-20-12)18-8-10-7-11(15)4-5-13(10)16/h4-5,7,12H,2-3,6,8-9H2,1H3,(H2,17,18,19). The molecule has 1 heterocycles. The van der Waals surface area contributed by atoms with Crippen molar-refractivity contribution in [2.75, 3.05) is 20.2 Å². The number of aliphatic imine (C=N–C) groups is 1. The van der Waals surface area contributed by atoms with Crippen LogP contribution in [0.2, 0.25) is 0 Å². The molecule has 20 heavy (non-hydrogen) atoms. The second-order valence-electron chi connectivity index (χ2n) is 4.68. The average Bonchev–Trinajstić information content (AvgIpc) is 2.96. The van der Waals surface area contributed by atoms with E-state index in [9.17, 15) is 8.78 Å². The minimum Gasteiger partial charge on any atom is -0.376 e. The molecule has 1 aromatic rings. The molecule has 0 amide bonds. The number of benzene rings is 1. The van der Waals surface area contributed by atoms with Crippen molar-refractivity contribution in [2.24, 2.45) is 4.99 Å². The fraction of sp³-hybridized carbons (Fsp3) is 0.500. The van der Waals surface area contributed by atoms with Gasteiger partial charge in [-0.1, -0.05) is 0 Å². The molecule has 0 radical (unpaired) electrons. The second-order valence-corrected chi connectivity index (χ2v) is 4.68. The van der Waals surface area contributed by atoms with Crippen molar-refractivity contribution in [3.63, 3.8) is 0 Å². The maximum atomic E-state index is 13.5. The summed E-state index contributed by atoms with van der Waals surface area (Å²) in [5.74, 6) is -0.344. The largest absolute Gasteiger partial charge is 0.376 e. The number of nitrogens with one attached hydrogen (secondary N) is 2. The number of halogens is 2. The van der Waals surface area contributed by atoms with Gasteiger partial charge >= 0.3 is 0 Å². The Labute approximate surface area is 117 Å². The van der Waals surface area contributed by atoms with Gasteiger partial charge in [-0.3, -0.25) is 4.99 Å². The molecular formula is C14H19F2N3O. The van der Waals surface area contributed by atoms with Crippen molar-refractivity contribution in [1.82, 2.24) is 10.6 Å². The van der Waals surface area contributed by atoms with Gasteiger partial charge in [0, 0.05) is 32.3 Å². The highest BCUT2D eigenvalue weighted by molar-refractivity contribution is 5.79. The fourth-order valence-corrected chi connectivity index (χ4v) is 2.09. The highest BCUT2D eigenvalue weighted by Gasteiger charge is 2.15. The Morgan fingerprint density at radius 3 is 2.95 bits per heavy atom. The molecule has 1 saturated heterocycles. The van der Waals surface area contributed by atoms with E-state index in [1.54, 1.807) is 7.05 Å². The van der Waals surface area contributed by atoms with Crippen molar-refractivity contribution in [3.05, 3.63) is 35.4 Å². The van der Waals surface area contributed by atoms with Gasteiger partial charge in [-0.2, -0.15) is 0 Å². The first-order valence-electron chi connectivity index (χ1n) is 6.69. The van der Waals surface area contributed by atoms with Crippen LogP contribution in [0, 0.1) is 11.6 Å². The van der Waals surface area contributed by atoms with Gasteiger partial charge < -0.3 is 15.4 Å². The van der Waals surface area contributed by atoms with Gasteiger partial charge in [-0.25, -0.2) is 8.78 Å². The van der Waals surface area contributed by atoms with Crippen LogP contribution < -0.4 is 10.6 Å². The number of ether oxygens (including phenoxy) is 1. The number of rotatable bonds is 4. The van der Waals surface area contributed by atoms with Crippen molar-refractivity contribution in [3.8, 4) is 0 Å². The minimum atomic E-state index is -0.453. The molecule has 0 bridgehead atoms. The highest BCUT2D eigenvalue weighted by atomic mass is 19.1. The number of hydrogen-bond donors (Lipinski definition) is 2. The molecule has 2 rings (SSSR count). The Kier molecular flexibility index (Phi) is 5.29. The molecule has 1 aromatic carbocycles. The van der Waals surface area contributed by atoms with Crippen LogP contribution >= 0.6 is 0 Å². The zero-order valence-corrected chi connectivity index (χ0v) is 11.5. The maximum absolute atomic E-state index is 13.5. The summed E-state index contributed by atoms with van der Waals surface area (Å²) >= 11 is 0. The van der Waals surface area contributed by atoms with Crippen molar-refractivity contribution in [2.45, 2.75) is 25.5 Å². The summed E-state index contributed by atoms with van der Waals surface area (Å²) in [6.45, 7) is 1.63. The van der Waals surface area contributed by atoms with E-state index in [-0.39, 0.29) is 18.2 Å². The van der Waals surface area contributed by atoms with E-state index in [0.717, 1.165) is 31.6 Å². The number of nitrogens with zero attached hydrogens (tertiary/aromatic N) is 1. The topological polar surface area (TPSA) is 45.7 Å². The molecule has 0 spiro atoms. The molecule has 1 atom stereocenters. The van der Waals surface area contributed by atoms with Gasteiger partial charge in [-0.15, -0.1) is 0 Å². The third-order valence-corrected chi connectivity index (χ3v) is 3.20. The van der Waals surface area contributed by atoms with E-state index in [0.29, 0.717) is 12.5 Å². The fourth-order valence-electron chi connectivity index (χ4n) is 2.09. The van der Waals surface area contributed by atoms with Crippen LogP contribution in [0.25, 0.3) is 0 Å². The summed E-state index contributed by atoms with van der Waals surface area (Å²) in [7, 11) is 1.63. The van der Waals surface area contributed by atoms with Crippen LogP contribution in [0.5, 0.6) is 0 Å². The van der Waals surface area contributed by atoms with Gasteiger partial charge in [0.15, 0.2) is 5.96 Å². The Balaban J connectivity index is 1.82. The third-order valence-electron chi connectivity index (χ3n) is 3.20. The lowest BCUT2D eigenvalue weighted by molar-refractivity contribution is 0.114. The first-order valence-corrected chi connectivity index (χ1v) is 6.69. The number of hydrogen-bond acceptors (Lipinski definition) is 2. The Morgan fingerprint density at radius 2 is 2.25 bits per heavy atom. The predicted molar refractivity (Wildman–Crippen MR) is 73.5 cm³/mol. The van der Waals surface area contributed by atoms with Gasteiger partial charge in [0.05, 0.1) is 6.10 Å². The SMILES string of the molecule is CN=C(NCc1cc(F)ccc1F)NCC1CCCO1. The van der Waals surface area contributed by atoms with Crippen molar-refractivity contribution in [1.29, 1.82) is 0 Å². The molecular weight excluding hydrogens is 264 g/mol. The molecule has 2 N–H and O–H groups in total. The first kappa shape index (κ1) is 14.7. The Morgan fingerprint density at radius 1 is 1.40 bits per heavy atom. The Hall–Kier alpha value is -1.69. The van der Waals surface area contributed by atoms with Crippen LogP contribution in [0.15, 0.2) is 23.2 Å².